The van der Waals surface area contributed by atoms with Gasteiger partial charge in [0.2, 0.25) is 5.91 Å². The first-order chi connectivity index (χ1) is 21.3. The van der Waals surface area contributed by atoms with Crippen LogP contribution in [0.1, 0.15) is 97.3 Å². The Balaban J connectivity index is 2.70. The highest BCUT2D eigenvalue weighted by Gasteiger charge is 2.44. The summed E-state index contributed by atoms with van der Waals surface area (Å²) in [6.07, 6.45) is 18.2. The van der Waals surface area contributed by atoms with E-state index in [4.69, 9.17) is 9.47 Å². The summed E-state index contributed by atoms with van der Waals surface area (Å²) in [5, 5.41) is 63.7. The van der Waals surface area contributed by atoms with Gasteiger partial charge in [-0.2, -0.15) is 0 Å². The Kier molecular flexibility index (Phi) is 23.1. The zero-order valence-electron chi connectivity index (χ0n) is 26.8. The number of unbranched alkanes of at least 4 members (excludes halogenated alkanes) is 7. The molecule has 1 amide bonds. The average Bonchev–Trinajstić information content (AvgIpc) is 3.02. The van der Waals surface area contributed by atoms with Gasteiger partial charge in [-0.3, -0.25) is 4.79 Å². The summed E-state index contributed by atoms with van der Waals surface area (Å²) in [6.45, 7) is 3.37. The minimum absolute atomic E-state index is 0.213. The highest BCUT2D eigenvalue weighted by molar-refractivity contribution is 5.80. The molecule has 0 bridgehead atoms. The number of hydrogen-bond donors (Lipinski definition) is 7. The number of allylic oxidation sites excluding steroid dienone is 7. The second-order valence-electron chi connectivity index (χ2n) is 11.4. The molecule has 0 aromatic heterocycles. The van der Waals surface area contributed by atoms with E-state index in [1.807, 2.05) is 6.08 Å². The summed E-state index contributed by atoms with van der Waals surface area (Å²) in [5.41, 5.74) is 0. The smallest absolute Gasteiger partial charge is 0.249 e. The van der Waals surface area contributed by atoms with Gasteiger partial charge in [0.05, 0.1) is 25.4 Å². The van der Waals surface area contributed by atoms with Gasteiger partial charge >= 0.3 is 0 Å². The van der Waals surface area contributed by atoms with E-state index in [1.54, 1.807) is 6.08 Å². The largest absolute Gasteiger partial charge is 0.394 e. The van der Waals surface area contributed by atoms with E-state index in [9.17, 15) is 35.4 Å². The van der Waals surface area contributed by atoms with Gasteiger partial charge in [0, 0.05) is 0 Å². The van der Waals surface area contributed by atoms with Crippen LogP contribution in [0.15, 0.2) is 48.6 Å². The van der Waals surface area contributed by atoms with Crippen molar-refractivity contribution in [1.82, 2.24) is 5.32 Å². The Hall–Kier alpha value is -1.89. The first-order valence-corrected chi connectivity index (χ1v) is 16.5. The van der Waals surface area contributed by atoms with E-state index >= 15 is 0 Å². The monoisotopic (exact) mass is 625 g/mol. The SMILES string of the molecule is CCC/C=C/CC/C=C/CC/C=C/C(O)C(COC1OC(CO)C(O)C(O)C1O)NC(=O)C(O)CC/C=C\CCCCCC. The molecule has 1 aliphatic heterocycles. The predicted molar refractivity (Wildman–Crippen MR) is 172 cm³/mol. The number of carbonyl (C=O) groups excluding carboxylic acids is 1. The van der Waals surface area contributed by atoms with Crippen molar-refractivity contribution in [3.05, 3.63) is 48.6 Å². The molecule has 1 heterocycles. The zero-order chi connectivity index (χ0) is 32.6. The van der Waals surface area contributed by atoms with Crippen LogP contribution in [0.3, 0.4) is 0 Å². The molecule has 0 aliphatic carbocycles. The fraction of sp³-hybridized carbons (Fsp3) is 0.735. The molecule has 254 valence electrons. The van der Waals surface area contributed by atoms with E-state index in [1.165, 1.54) is 25.3 Å². The molecule has 10 nitrogen and oxygen atoms in total. The minimum atomic E-state index is -1.62. The Morgan fingerprint density at radius 2 is 1.39 bits per heavy atom. The summed E-state index contributed by atoms with van der Waals surface area (Å²) < 4.78 is 11.0. The molecule has 0 saturated carbocycles. The maximum atomic E-state index is 12.8. The van der Waals surface area contributed by atoms with Crippen LogP contribution < -0.4 is 5.32 Å². The van der Waals surface area contributed by atoms with E-state index in [2.05, 4.69) is 49.5 Å². The van der Waals surface area contributed by atoms with Crippen LogP contribution in [0, 0.1) is 0 Å². The fourth-order valence-corrected chi connectivity index (χ4v) is 4.61. The summed E-state index contributed by atoms with van der Waals surface area (Å²) in [5.74, 6) is -0.674. The standard InChI is InChI=1S/C34H59NO9/c1-3-5-7-9-11-13-14-15-17-18-20-22-27(37)26(25-43-34-32(41)31(40)30(39)29(24-36)44-34)35-33(42)28(38)23-21-19-16-12-10-8-6-4-2/h7,9,14-16,19-20,22,26-32,34,36-41H,3-6,8,10-13,17-18,21,23-25H2,1-2H3,(H,35,42)/b9-7+,15-14+,19-16-,22-20+. The van der Waals surface area contributed by atoms with Crippen molar-refractivity contribution in [1.29, 1.82) is 0 Å². The summed E-state index contributed by atoms with van der Waals surface area (Å²) >= 11 is 0. The quantitative estimate of drug-likeness (QED) is 0.0628. The van der Waals surface area contributed by atoms with Crippen LogP contribution in [0.2, 0.25) is 0 Å². The Morgan fingerprint density at radius 3 is 2.02 bits per heavy atom. The molecule has 1 aliphatic rings. The lowest BCUT2D eigenvalue weighted by Crippen LogP contribution is -2.60. The maximum absolute atomic E-state index is 12.8. The topological polar surface area (TPSA) is 169 Å². The van der Waals surface area contributed by atoms with Crippen molar-refractivity contribution in [3.8, 4) is 0 Å². The predicted octanol–water partition coefficient (Wildman–Crippen LogP) is 3.35. The molecular weight excluding hydrogens is 566 g/mol. The summed E-state index contributed by atoms with van der Waals surface area (Å²) in [4.78, 5) is 12.8. The number of aliphatic hydroxyl groups excluding tert-OH is 6. The third-order valence-electron chi connectivity index (χ3n) is 7.45. The van der Waals surface area contributed by atoms with Crippen molar-refractivity contribution in [2.75, 3.05) is 13.2 Å². The van der Waals surface area contributed by atoms with Gasteiger partial charge in [0.15, 0.2) is 6.29 Å². The number of carbonyl (C=O) groups is 1. The maximum Gasteiger partial charge on any atom is 0.249 e. The molecule has 8 unspecified atom stereocenters. The number of ether oxygens (including phenoxy) is 2. The van der Waals surface area contributed by atoms with Crippen molar-refractivity contribution >= 4 is 5.91 Å². The van der Waals surface area contributed by atoms with E-state index in [0.717, 1.165) is 44.9 Å². The highest BCUT2D eigenvalue weighted by atomic mass is 16.7. The van der Waals surface area contributed by atoms with Gasteiger partial charge in [-0.1, -0.05) is 88.1 Å². The van der Waals surface area contributed by atoms with Crippen molar-refractivity contribution < 1.29 is 44.9 Å². The van der Waals surface area contributed by atoms with Gasteiger partial charge in [-0.05, 0) is 57.8 Å². The zero-order valence-corrected chi connectivity index (χ0v) is 26.8. The molecule has 7 N–H and O–H groups in total. The average molecular weight is 626 g/mol. The van der Waals surface area contributed by atoms with Crippen LogP contribution in [0.5, 0.6) is 0 Å². The van der Waals surface area contributed by atoms with Gasteiger partial charge in [-0.15, -0.1) is 0 Å². The molecular formula is C34H59NO9. The Morgan fingerprint density at radius 1 is 0.773 bits per heavy atom. The second kappa shape index (κ2) is 25.3. The molecule has 0 aromatic rings. The van der Waals surface area contributed by atoms with E-state index in [-0.39, 0.29) is 13.0 Å². The van der Waals surface area contributed by atoms with Crippen LogP contribution in [-0.4, -0.2) is 98.7 Å². The lowest BCUT2D eigenvalue weighted by Gasteiger charge is -2.40. The van der Waals surface area contributed by atoms with Crippen LogP contribution >= 0.6 is 0 Å². The number of nitrogens with one attached hydrogen (secondary N) is 1. The summed E-state index contributed by atoms with van der Waals surface area (Å²) in [6, 6.07) is -1.01. The number of aliphatic hydroxyl groups is 6. The molecule has 0 spiro atoms. The van der Waals surface area contributed by atoms with Crippen LogP contribution in [-0.2, 0) is 14.3 Å². The molecule has 1 rings (SSSR count). The molecule has 0 radical (unpaired) electrons. The van der Waals surface area contributed by atoms with Gasteiger partial charge in [-0.25, -0.2) is 0 Å². The third kappa shape index (κ3) is 17.0. The summed E-state index contributed by atoms with van der Waals surface area (Å²) in [7, 11) is 0. The second-order valence-corrected chi connectivity index (χ2v) is 11.4. The molecule has 0 aromatic carbocycles. The lowest BCUT2D eigenvalue weighted by atomic mass is 9.99. The van der Waals surface area contributed by atoms with Crippen LogP contribution in [0.25, 0.3) is 0 Å². The number of hydrogen-bond acceptors (Lipinski definition) is 9. The normalized spacial score (nSPS) is 25.0. The first kappa shape index (κ1) is 40.1. The number of amides is 1. The third-order valence-corrected chi connectivity index (χ3v) is 7.45. The molecule has 1 fully saturated rings. The molecule has 10 heteroatoms. The van der Waals surface area contributed by atoms with Gasteiger partial charge < -0.3 is 45.4 Å². The molecule has 44 heavy (non-hydrogen) atoms. The fourth-order valence-electron chi connectivity index (χ4n) is 4.61. The van der Waals surface area contributed by atoms with E-state index in [0.29, 0.717) is 12.8 Å². The van der Waals surface area contributed by atoms with E-state index < -0.39 is 61.5 Å². The lowest BCUT2D eigenvalue weighted by molar-refractivity contribution is -0.302. The van der Waals surface area contributed by atoms with Crippen molar-refractivity contribution in [2.45, 2.75) is 146 Å². The Labute approximate surface area is 264 Å². The first-order valence-electron chi connectivity index (χ1n) is 16.5. The Bertz CT molecular complexity index is 845. The molecule has 1 saturated heterocycles. The van der Waals surface area contributed by atoms with Crippen molar-refractivity contribution in [3.63, 3.8) is 0 Å². The highest BCUT2D eigenvalue weighted by Crippen LogP contribution is 2.22. The number of rotatable bonds is 24. The molecule has 8 atom stereocenters. The van der Waals surface area contributed by atoms with Crippen LogP contribution in [0.4, 0.5) is 0 Å². The minimum Gasteiger partial charge on any atom is -0.394 e. The van der Waals surface area contributed by atoms with Gasteiger partial charge in [0.1, 0.15) is 30.5 Å². The van der Waals surface area contributed by atoms with Gasteiger partial charge in [0.25, 0.3) is 0 Å². The van der Waals surface area contributed by atoms with Crippen molar-refractivity contribution in [2.24, 2.45) is 0 Å².